The van der Waals surface area contributed by atoms with Crippen molar-refractivity contribution in [1.82, 2.24) is 24.9 Å². The fraction of sp³-hybridized carbons (Fsp3) is 0.462. The van der Waals surface area contributed by atoms with Crippen LogP contribution in [0.5, 0.6) is 0 Å². The molecule has 1 saturated heterocycles. The van der Waals surface area contributed by atoms with Gasteiger partial charge < -0.3 is 9.64 Å². The Balaban J connectivity index is 1.84. The normalized spacial score (nSPS) is 19.2. The summed E-state index contributed by atoms with van der Waals surface area (Å²) in [4.78, 5) is 14.4. The molecule has 1 fully saturated rings. The first kappa shape index (κ1) is 12.9. The average molecular weight is 275 g/mol. The Labute approximate surface area is 116 Å². The SMILES string of the molecule is CCn1cc(C(=O)N2CCOCC2c2ccn[nH]2)cn1. The van der Waals surface area contributed by atoms with Crippen molar-refractivity contribution in [3.05, 3.63) is 35.9 Å². The summed E-state index contributed by atoms with van der Waals surface area (Å²) < 4.78 is 7.23. The van der Waals surface area contributed by atoms with Crippen LogP contribution < -0.4 is 0 Å². The van der Waals surface area contributed by atoms with Gasteiger partial charge in [-0.15, -0.1) is 0 Å². The van der Waals surface area contributed by atoms with E-state index in [1.54, 1.807) is 23.3 Å². The lowest BCUT2D eigenvalue weighted by molar-refractivity contribution is -0.00391. The molecule has 1 unspecified atom stereocenters. The number of hydrogen-bond acceptors (Lipinski definition) is 4. The standard InChI is InChI=1S/C13H17N5O2/c1-2-17-8-10(7-15-17)13(19)18-5-6-20-9-12(18)11-3-4-14-16-11/h3-4,7-8,12H,2,5-6,9H2,1H3,(H,14,16). The summed E-state index contributed by atoms with van der Waals surface area (Å²) in [5, 5.41) is 11.0. The van der Waals surface area contributed by atoms with E-state index in [1.807, 2.05) is 17.9 Å². The Morgan fingerprint density at radius 1 is 1.60 bits per heavy atom. The third-order valence-electron chi connectivity index (χ3n) is 3.47. The molecule has 1 aliphatic rings. The van der Waals surface area contributed by atoms with Crippen molar-refractivity contribution >= 4 is 5.91 Å². The second-order valence-corrected chi connectivity index (χ2v) is 4.69. The van der Waals surface area contributed by atoms with Crippen LogP contribution in [0.4, 0.5) is 0 Å². The summed E-state index contributed by atoms with van der Waals surface area (Å²) in [7, 11) is 0. The van der Waals surface area contributed by atoms with Gasteiger partial charge in [0, 0.05) is 25.5 Å². The van der Waals surface area contributed by atoms with Gasteiger partial charge in [0.15, 0.2) is 0 Å². The van der Waals surface area contributed by atoms with Gasteiger partial charge in [-0.25, -0.2) is 0 Å². The molecular formula is C13H17N5O2. The maximum absolute atomic E-state index is 12.6. The summed E-state index contributed by atoms with van der Waals surface area (Å²) in [6.07, 6.45) is 5.08. The number of morpholine rings is 1. The number of carbonyl (C=O) groups is 1. The number of amides is 1. The average Bonchev–Trinajstić information content (AvgIpc) is 3.17. The predicted octanol–water partition coefficient (Wildman–Crippen LogP) is 0.840. The van der Waals surface area contributed by atoms with Gasteiger partial charge >= 0.3 is 0 Å². The van der Waals surface area contributed by atoms with Crippen LogP contribution in [0.25, 0.3) is 0 Å². The molecule has 2 aromatic heterocycles. The molecular weight excluding hydrogens is 258 g/mol. The van der Waals surface area contributed by atoms with Gasteiger partial charge in [-0.05, 0) is 13.0 Å². The molecule has 0 aromatic carbocycles. The van der Waals surface area contributed by atoms with Crippen molar-refractivity contribution in [2.75, 3.05) is 19.8 Å². The highest BCUT2D eigenvalue weighted by Gasteiger charge is 2.30. The molecule has 3 heterocycles. The third kappa shape index (κ3) is 2.32. The molecule has 1 aliphatic heterocycles. The van der Waals surface area contributed by atoms with Crippen LogP contribution in [0.2, 0.25) is 0 Å². The zero-order valence-corrected chi connectivity index (χ0v) is 11.3. The van der Waals surface area contributed by atoms with Crippen LogP contribution in [0.3, 0.4) is 0 Å². The van der Waals surface area contributed by atoms with E-state index in [1.165, 1.54) is 0 Å². The van der Waals surface area contributed by atoms with Crippen LogP contribution in [-0.4, -0.2) is 50.5 Å². The summed E-state index contributed by atoms with van der Waals surface area (Å²) in [6, 6.07) is 1.75. The third-order valence-corrected chi connectivity index (χ3v) is 3.47. The van der Waals surface area contributed by atoms with Crippen LogP contribution in [0, 0.1) is 0 Å². The zero-order chi connectivity index (χ0) is 13.9. The van der Waals surface area contributed by atoms with E-state index in [0.29, 0.717) is 25.3 Å². The Morgan fingerprint density at radius 3 is 3.20 bits per heavy atom. The topological polar surface area (TPSA) is 76.0 Å². The minimum Gasteiger partial charge on any atom is -0.377 e. The Morgan fingerprint density at radius 2 is 2.50 bits per heavy atom. The van der Waals surface area contributed by atoms with E-state index in [4.69, 9.17) is 4.74 Å². The number of ether oxygens (including phenoxy) is 1. The molecule has 0 bridgehead atoms. The maximum Gasteiger partial charge on any atom is 0.257 e. The lowest BCUT2D eigenvalue weighted by atomic mass is 10.1. The van der Waals surface area contributed by atoms with E-state index in [-0.39, 0.29) is 11.9 Å². The van der Waals surface area contributed by atoms with Gasteiger partial charge in [0.2, 0.25) is 0 Å². The second-order valence-electron chi connectivity index (χ2n) is 4.69. The largest absolute Gasteiger partial charge is 0.377 e. The summed E-state index contributed by atoms with van der Waals surface area (Å²) >= 11 is 0. The van der Waals surface area contributed by atoms with Crippen molar-refractivity contribution in [2.45, 2.75) is 19.5 Å². The monoisotopic (exact) mass is 275 g/mol. The van der Waals surface area contributed by atoms with Crippen LogP contribution in [0.15, 0.2) is 24.7 Å². The predicted molar refractivity (Wildman–Crippen MR) is 71.1 cm³/mol. The van der Waals surface area contributed by atoms with Crippen LogP contribution in [0.1, 0.15) is 29.0 Å². The molecule has 0 saturated carbocycles. The fourth-order valence-corrected chi connectivity index (χ4v) is 2.37. The Kier molecular flexibility index (Phi) is 3.51. The highest BCUT2D eigenvalue weighted by Crippen LogP contribution is 2.24. The second kappa shape index (κ2) is 5.46. The number of H-pyrrole nitrogens is 1. The minimum atomic E-state index is -0.122. The number of carbonyl (C=O) groups excluding carboxylic acids is 1. The summed E-state index contributed by atoms with van der Waals surface area (Å²) in [5.74, 6) is -0.0207. The molecule has 0 spiro atoms. The van der Waals surface area contributed by atoms with Gasteiger partial charge in [-0.1, -0.05) is 0 Å². The van der Waals surface area contributed by atoms with E-state index in [2.05, 4.69) is 15.3 Å². The first-order valence-corrected chi connectivity index (χ1v) is 6.70. The molecule has 2 aromatic rings. The van der Waals surface area contributed by atoms with Crippen molar-refractivity contribution in [3.8, 4) is 0 Å². The van der Waals surface area contributed by atoms with Crippen molar-refractivity contribution in [1.29, 1.82) is 0 Å². The van der Waals surface area contributed by atoms with Gasteiger partial charge in [0.25, 0.3) is 5.91 Å². The maximum atomic E-state index is 12.6. The van der Waals surface area contributed by atoms with Crippen LogP contribution in [-0.2, 0) is 11.3 Å². The number of nitrogens with zero attached hydrogens (tertiary/aromatic N) is 4. The first-order valence-electron chi connectivity index (χ1n) is 6.70. The molecule has 1 N–H and O–H groups in total. The van der Waals surface area contributed by atoms with Gasteiger partial charge in [0.05, 0.1) is 36.7 Å². The molecule has 1 atom stereocenters. The van der Waals surface area contributed by atoms with E-state index < -0.39 is 0 Å². The molecule has 20 heavy (non-hydrogen) atoms. The Hall–Kier alpha value is -2.15. The number of aryl methyl sites for hydroxylation is 1. The van der Waals surface area contributed by atoms with Gasteiger partial charge in [-0.3, -0.25) is 14.6 Å². The highest BCUT2D eigenvalue weighted by atomic mass is 16.5. The lowest BCUT2D eigenvalue weighted by Crippen LogP contribution is -2.43. The Bertz CT molecular complexity index is 577. The number of nitrogens with one attached hydrogen (secondary N) is 1. The van der Waals surface area contributed by atoms with E-state index >= 15 is 0 Å². The summed E-state index contributed by atoms with van der Waals surface area (Å²) in [5.41, 5.74) is 1.50. The first-order chi connectivity index (χ1) is 9.79. The molecule has 0 radical (unpaired) electrons. The van der Waals surface area contributed by atoms with E-state index in [9.17, 15) is 4.79 Å². The molecule has 3 rings (SSSR count). The highest BCUT2D eigenvalue weighted by molar-refractivity contribution is 5.94. The zero-order valence-electron chi connectivity index (χ0n) is 11.3. The molecule has 7 nitrogen and oxygen atoms in total. The van der Waals surface area contributed by atoms with Gasteiger partial charge in [-0.2, -0.15) is 10.2 Å². The molecule has 0 aliphatic carbocycles. The van der Waals surface area contributed by atoms with E-state index in [0.717, 1.165) is 12.2 Å². The molecule has 7 heteroatoms. The summed E-state index contributed by atoms with van der Waals surface area (Å²) in [6.45, 7) is 4.34. The smallest absolute Gasteiger partial charge is 0.257 e. The fourth-order valence-electron chi connectivity index (χ4n) is 2.37. The quantitative estimate of drug-likeness (QED) is 0.900. The number of hydrogen-bond donors (Lipinski definition) is 1. The molecule has 1 amide bonds. The van der Waals surface area contributed by atoms with Gasteiger partial charge in [0.1, 0.15) is 0 Å². The number of aromatic amines is 1. The van der Waals surface area contributed by atoms with Crippen LogP contribution >= 0.6 is 0 Å². The molecule has 106 valence electrons. The van der Waals surface area contributed by atoms with Crippen molar-refractivity contribution in [3.63, 3.8) is 0 Å². The van der Waals surface area contributed by atoms with Crippen molar-refractivity contribution in [2.24, 2.45) is 0 Å². The number of aromatic nitrogens is 4. The number of rotatable bonds is 3. The lowest BCUT2D eigenvalue weighted by Gasteiger charge is -2.34. The minimum absolute atomic E-state index is 0.0207. The van der Waals surface area contributed by atoms with Crippen molar-refractivity contribution < 1.29 is 9.53 Å².